The highest BCUT2D eigenvalue weighted by atomic mass is 16.3. The number of phenolic OH excluding ortho intramolecular Hbond substituents is 1. The average molecular weight is 796 g/mol. The van der Waals surface area contributed by atoms with Crippen LogP contribution in [0.15, 0.2) is 110 Å². The minimum absolute atomic E-state index is 0.0424. The number of carbonyl (C=O) groups is 4. The molecule has 0 unspecified atom stereocenters. The van der Waals surface area contributed by atoms with Gasteiger partial charge in [-0.1, -0.05) is 72.8 Å². The smallest absolute Gasteiger partial charge is 0.334 e. The van der Waals surface area contributed by atoms with Gasteiger partial charge in [0.05, 0.1) is 36.4 Å². The SMILES string of the molecule is C=CCN1CC(=O)N2[C@@H](Cc3ccc(O)cc3)C(=O)N(Cc3cccc4c(C(=O)NCc5cccc(N6CCCC6)n5)cn(C)c34)C[C@@H]2N1C(=O)NCc1ccccc1. The summed E-state index contributed by atoms with van der Waals surface area (Å²) in [4.78, 5) is 67.0. The van der Waals surface area contributed by atoms with Crippen LogP contribution in [0.25, 0.3) is 10.9 Å². The van der Waals surface area contributed by atoms with E-state index >= 15 is 0 Å². The molecule has 2 aromatic heterocycles. The standard InChI is InChI=1S/C45H49N9O5/c1-3-21-52-30-41(56)53-38(24-31-17-19-35(55)20-18-31)44(58)51(29-40(53)54(52)45(59)47-25-32-11-5-4-6-12-32)27-33-13-9-15-36-37(28-49(2)42(33)36)43(57)46-26-34-14-10-16-39(48-34)50-22-7-8-23-50/h3-6,9-20,28,38,40,55H,1,7-8,21-27,29-30H2,2H3,(H,46,57)(H,47,59)/t38-,40-/m0/s1. The zero-order valence-electron chi connectivity index (χ0n) is 33.2. The van der Waals surface area contributed by atoms with Crippen LogP contribution >= 0.6 is 0 Å². The lowest BCUT2D eigenvalue weighted by atomic mass is 9.98. The number of amides is 5. The van der Waals surface area contributed by atoms with Crippen LogP contribution in [0.4, 0.5) is 10.6 Å². The zero-order valence-corrected chi connectivity index (χ0v) is 33.2. The molecule has 5 amide bonds. The Morgan fingerprint density at radius 2 is 1.66 bits per heavy atom. The topological polar surface area (TPSA) is 147 Å². The van der Waals surface area contributed by atoms with E-state index in [9.17, 15) is 24.3 Å². The number of benzene rings is 3. The summed E-state index contributed by atoms with van der Waals surface area (Å²) < 4.78 is 1.90. The summed E-state index contributed by atoms with van der Waals surface area (Å²) in [5.41, 5.74) is 4.54. The second-order valence-electron chi connectivity index (χ2n) is 15.3. The molecule has 0 saturated carbocycles. The van der Waals surface area contributed by atoms with Crippen LogP contribution in [0, 0.1) is 0 Å². The van der Waals surface area contributed by atoms with E-state index in [1.165, 1.54) is 0 Å². The minimum atomic E-state index is -0.937. The van der Waals surface area contributed by atoms with Gasteiger partial charge in [0.2, 0.25) is 11.8 Å². The number of fused-ring (bicyclic) bond motifs is 2. The Hall–Kier alpha value is -6.67. The van der Waals surface area contributed by atoms with E-state index in [4.69, 9.17) is 4.98 Å². The van der Waals surface area contributed by atoms with Gasteiger partial charge in [0.15, 0.2) is 0 Å². The Kier molecular flexibility index (Phi) is 11.3. The van der Waals surface area contributed by atoms with Gasteiger partial charge >= 0.3 is 6.03 Å². The lowest BCUT2D eigenvalue weighted by Gasteiger charge is -2.55. The number of nitrogens with one attached hydrogen (secondary N) is 2. The number of phenols is 1. The number of aryl methyl sites for hydroxylation is 1. The fraction of sp³-hybridized carbons (Fsp3) is 0.311. The second-order valence-corrected chi connectivity index (χ2v) is 15.3. The van der Waals surface area contributed by atoms with Gasteiger partial charge in [0.1, 0.15) is 23.8 Å². The number of anilines is 1. The third-order valence-electron chi connectivity index (χ3n) is 11.4. The second kappa shape index (κ2) is 17.0. The third-order valence-corrected chi connectivity index (χ3v) is 11.4. The van der Waals surface area contributed by atoms with Gasteiger partial charge in [-0.05, 0) is 53.8 Å². The Balaban J connectivity index is 1.08. The van der Waals surface area contributed by atoms with E-state index in [1.807, 2.05) is 78.3 Å². The molecular weight excluding hydrogens is 747 g/mol. The first-order valence-electron chi connectivity index (χ1n) is 20.1. The van der Waals surface area contributed by atoms with E-state index in [-0.39, 0.29) is 69.2 Å². The fourth-order valence-electron chi connectivity index (χ4n) is 8.57. The van der Waals surface area contributed by atoms with Gasteiger partial charge in [0.25, 0.3) is 5.91 Å². The highest BCUT2D eigenvalue weighted by Crippen LogP contribution is 2.32. The number of rotatable bonds is 12. The van der Waals surface area contributed by atoms with E-state index in [0.29, 0.717) is 5.56 Å². The first-order valence-corrected chi connectivity index (χ1v) is 20.1. The summed E-state index contributed by atoms with van der Waals surface area (Å²) in [6.45, 7) is 6.71. The summed E-state index contributed by atoms with van der Waals surface area (Å²) in [5.74, 6) is 0.230. The predicted octanol–water partition coefficient (Wildman–Crippen LogP) is 4.55. The molecule has 8 rings (SSSR count). The van der Waals surface area contributed by atoms with Gasteiger partial charge < -0.3 is 35.0 Å². The van der Waals surface area contributed by atoms with Gasteiger partial charge in [0, 0.05) is 57.8 Å². The molecule has 0 bridgehead atoms. The van der Waals surface area contributed by atoms with Crippen molar-refractivity contribution >= 4 is 40.5 Å². The molecule has 3 aromatic carbocycles. The molecule has 3 aliphatic heterocycles. The summed E-state index contributed by atoms with van der Waals surface area (Å²) in [5, 5.41) is 20.0. The maximum Gasteiger partial charge on any atom is 0.334 e. The number of urea groups is 1. The van der Waals surface area contributed by atoms with E-state index < -0.39 is 18.2 Å². The van der Waals surface area contributed by atoms with Crippen LogP contribution in [-0.4, -0.2) is 103 Å². The largest absolute Gasteiger partial charge is 0.508 e. The molecule has 0 radical (unpaired) electrons. The van der Waals surface area contributed by atoms with Crippen LogP contribution in [0.3, 0.4) is 0 Å². The number of hydrogen-bond donors (Lipinski definition) is 3. The van der Waals surface area contributed by atoms with Gasteiger partial charge in [-0.15, -0.1) is 6.58 Å². The molecule has 3 fully saturated rings. The van der Waals surface area contributed by atoms with Crippen molar-refractivity contribution < 1.29 is 24.3 Å². The lowest BCUT2D eigenvalue weighted by molar-refractivity contribution is -0.189. The van der Waals surface area contributed by atoms with Crippen LogP contribution in [-0.2, 0) is 42.7 Å². The summed E-state index contributed by atoms with van der Waals surface area (Å²) in [6.07, 6.45) is 5.08. The molecule has 0 aliphatic carbocycles. The molecule has 5 heterocycles. The van der Waals surface area contributed by atoms with Crippen molar-refractivity contribution in [3.8, 4) is 5.75 Å². The number of carbonyl (C=O) groups excluding carboxylic acids is 4. The van der Waals surface area contributed by atoms with Crippen molar-refractivity contribution in [3.05, 3.63) is 138 Å². The molecule has 3 aliphatic rings. The van der Waals surface area contributed by atoms with Crippen LogP contribution < -0.4 is 15.5 Å². The minimum Gasteiger partial charge on any atom is -0.508 e. The lowest BCUT2D eigenvalue weighted by Crippen LogP contribution is -2.76. The predicted molar refractivity (Wildman–Crippen MR) is 224 cm³/mol. The third kappa shape index (κ3) is 8.21. The number of aromatic hydroxyl groups is 1. The monoisotopic (exact) mass is 795 g/mol. The number of aromatic nitrogens is 2. The molecule has 59 heavy (non-hydrogen) atoms. The van der Waals surface area contributed by atoms with Crippen LogP contribution in [0.1, 0.15) is 45.6 Å². The number of piperazine rings is 1. The van der Waals surface area contributed by atoms with Gasteiger partial charge in [-0.2, -0.15) is 0 Å². The van der Waals surface area contributed by atoms with Crippen LogP contribution in [0.2, 0.25) is 0 Å². The molecule has 304 valence electrons. The maximum atomic E-state index is 14.7. The van der Waals surface area contributed by atoms with Gasteiger partial charge in [-0.3, -0.25) is 14.4 Å². The molecule has 5 aromatic rings. The van der Waals surface area contributed by atoms with Crippen molar-refractivity contribution in [3.63, 3.8) is 0 Å². The Bertz CT molecular complexity index is 2360. The Morgan fingerprint density at radius 3 is 2.42 bits per heavy atom. The van der Waals surface area contributed by atoms with E-state index in [0.717, 1.165) is 65.0 Å². The van der Waals surface area contributed by atoms with Crippen LogP contribution in [0.5, 0.6) is 5.75 Å². The highest BCUT2D eigenvalue weighted by Gasteiger charge is 2.51. The zero-order chi connectivity index (χ0) is 41.0. The summed E-state index contributed by atoms with van der Waals surface area (Å²) >= 11 is 0. The van der Waals surface area contributed by atoms with Crippen molar-refractivity contribution in [2.75, 3.05) is 37.6 Å². The Morgan fingerprint density at radius 1 is 0.898 bits per heavy atom. The Labute approximate surface area is 343 Å². The number of hydrogen-bond acceptors (Lipinski definition) is 8. The number of para-hydroxylation sites is 1. The quantitative estimate of drug-likeness (QED) is 0.156. The summed E-state index contributed by atoms with van der Waals surface area (Å²) in [6, 6.07) is 26.4. The maximum absolute atomic E-state index is 14.7. The normalized spacial score (nSPS) is 18.3. The van der Waals surface area contributed by atoms with E-state index in [2.05, 4.69) is 22.1 Å². The average Bonchev–Trinajstić information content (AvgIpc) is 3.91. The molecular formula is C45H49N9O5. The van der Waals surface area contributed by atoms with Crippen molar-refractivity contribution in [1.29, 1.82) is 0 Å². The molecule has 0 spiro atoms. The van der Waals surface area contributed by atoms with Crippen molar-refractivity contribution in [2.45, 2.75) is 51.1 Å². The molecule has 14 heteroatoms. The first kappa shape index (κ1) is 39.2. The van der Waals surface area contributed by atoms with E-state index in [1.54, 1.807) is 56.4 Å². The van der Waals surface area contributed by atoms with Crippen molar-refractivity contribution in [1.82, 2.24) is 40.0 Å². The molecule has 2 atom stereocenters. The van der Waals surface area contributed by atoms with Crippen molar-refractivity contribution in [2.24, 2.45) is 7.05 Å². The van der Waals surface area contributed by atoms with Gasteiger partial charge in [-0.25, -0.2) is 19.8 Å². The highest BCUT2D eigenvalue weighted by molar-refractivity contribution is 6.07. The first-order chi connectivity index (χ1) is 28.7. The molecule has 3 saturated heterocycles. The molecule has 3 N–H and O–H groups in total. The summed E-state index contributed by atoms with van der Waals surface area (Å²) in [7, 11) is 1.88. The number of hydrazine groups is 1. The fourth-order valence-corrected chi connectivity index (χ4v) is 8.57. The number of nitrogens with zero attached hydrogens (tertiary/aromatic N) is 7. The molecule has 14 nitrogen and oxygen atoms in total. The number of pyridine rings is 1.